The van der Waals surface area contributed by atoms with E-state index in [1.807, 2.05) is 4.90 Å². The summed E-state index contributed by atoms with van der Waals surface area (Å²) in [6.45, 7) is 4.03. The molecule has 0 spiro atoms. The summed E-state index contributed by atoms with van der Waals surface area (Å²) in [6.07, 6.45) is 3.04. The molecular formula is C14H23N3O3. The summed E-state index contributed by atoms with van der Waals surface area (Å²) in [5.74, 6) is -0.289. The Bertz CT molecular complexity index is 402. The maximum atomic E-state index is 12.5. The van der Waals surface area contributed by atoms with Gasteiger partial charge >= 0.3 is 0 Å². The van der Waals surface area contributed by atoms with Crippen LogP contribution >= 0.6 is 0 Å². The molecule has 3 amide bonds. The Labute approximate surface area is 119 Å². The quantitative estimate of drug-likeness (QED) is 0.771. The first-order valence-electron chi connectivity index (χ1n) is 7.32. The number of rotatable bonds is 2. The molecule has 2 saturated heterocycles. The fourth-order valence-corrected chi connectivity index (χ4v) is 3.11. The zero-order chi connectivity index (χ0) is 14.7. The summed E-state index contributed by atoms with van der Waals surface area (Å²) in [5, 5.41) is 0. The topological polar surface area (TPSA) is 83.7 Å². The first-order valence-corrected chi connectivity index (χ1v) is 7.32. The van der Waals surface area contributed by atoms with Crippen molar-refractivity contribution in [2.75, 3.05) is 26.2 Å². The first-order chi connectivity index (χ1) is 9.49. The van der Waals surface area contributed by atoms with E-state index in [1.165, 1.54) is 0 Å². The lowest BCUT2D eigenvalue weighted by Gasteiger charge is -2.37. The van der Waals surface area contributed by atoms with E-state index in [9.17, 15) is 14.4 Å². The van der Waals surface area contributed by atoms with Crippen LogP contribution in [0.15, 0.2) is 0 Å². The second-order valence-electron chi connectivity index (χ2n) is 5.81. The second kappa shape index (κ2) is 6.24. The van der Waals surface area contributed by atoms with E-state index in [0.29, 0.717) is 32.5 Å². The van der Waals surface area contributed by atoms with Crippen LogP contribution in [0, 0.1) is 11.8 Å². The Balaban J connectivity index is 1.88. The van der Waals surface area contributed by atoms with Crippen molar-refractivity contribution in [3.63, 3.8) is 0 Å². The van der Waals surface area contributed by atoms with Crippen molar-refractivity contribution in [2.45, 2.75) is 32.6 Å². The van der Waals surface area contributed by atoms with E-state index >= 15 is 0 Å². The van der Waals surface area contributed by atoms with E-state index in [2.05, 4.69) is 0 Å². The molecule has 20 heavy (non-hydrogen) atoms. The van der Waals surface area contributed by atoms with Crippen molar-refractivity contribution in [1.82, 2.24) is 9.80 Å². The van der Waals surface area contributed by atoms with Gasteiger partial charge in [-0.2, -0.15) is 0 Å². The highest BCUT2D eigenvalue weighted by atomic mass is 16.2. The molecular weight excluding hydrogens is 258 g/mol. The lowest BCUT2D eigenvalue weighted by Crippen LogP contribution is -2.49. The van der Waals surface area contributed by atoms with E-state index in [4.69, 9.17) is 5.73 Å². The average Bonchev–Trinajstić information content (AvgIpc) is 2.46. The highest BCUT2D eigenvalue weighted by Crippen LogP contribution is 2.23. The minimum atomic E-state index is -0.266. The number of likely N-dealkylation sites (tertiary alicyclic amines) is 2. The molecule has 0 radical (unpaired) electrons. The Hall–Kier alpha value is -1.59. The number of hydrogen-bond acceptors (Lipinski definition) is 3. The van der Waals surface area contributed by atoms with Crippen LogP contribution in [0.5, 0.6) is 0 Å². The Morgan fingerprint density at radius 3 is 2.15 bits per heavy atom. The third kappa shape index (κ3) is 3.29. The molecule has 0 aromatic heterocycles. The molecule has 0 aromatic rings. The lowest BCUT2D eigenvalue weighted by molar-refractivity contribution is -0.142. The maximum absolute atomic E-state index is 12.5. The summed E-state index contributed by atoms with van der Waals surface area (Å²) >= 11 is 0. The van der Waals surface area contributed by atoms with Gasteiger partial charge in [0.05, 0.1) is 5.92 Å². The molecule has 1 unspecified atom stereocenters. The van der Waals surface area contributed by atoms with Gasteiger partial charge in [-0.1, -0.05) is 0 Å². The molecule has 0 saturated carbocycles. The number of amides is 3. The largest absolute Gasteiger partial charge is 0.369 e. The van der Waals surface area contributed by atoms with Gasteiger partial charge in [0.2, 0.25) is 17.7 Å². The second-order valence-corrected chi connectivity index (χ2v) is 5.81. The van der Waals surface area contributed by atoms with Crippen LogP contribution in [0.1, 0.15) is 32.6 Å². The van der Waals surface area contributed by atoms with Gasteiger partial charge in [-0.05, 0) is 25.7 Å². The van der Waals surface area contributed by atoms with Crippen molar-refractivity contribution in [2.24, 2.45) is 17.6 Å². The van der Waals surface area contributed by atoms with Crippen molar-refractivity contribution < 1.29 is 14.4 Å². The van der Waals surface area contributed by atoms with Crippen molar-refractivity contribution in [3.8, 4) is 0 Å². The summed E-state index contributed by atoms with van der Waals surface area (Å²) in [7, 11) is 0. The minimum Gasteiger partial charge on any atom is -0.369 e. The number of hydrogen-bond donors (Lipinski definition) is 1. The molecule has 6 nitrogen and oxygen atoms in total. The van der Waals surface area contributed by atoms with E-state index in [-0.39, 0.29) is 29.6 Å². The van der Waals surface area contributed by atoms with Crippen LogP contribution in [-0.2, 0) is 14.4 Å². The summed E-state index contributed by atoms with van der Waals surface area (Å²) in [4.78, 5) is 38.6. The van der Waals surface area contributed by atoms with Crippen molar-refractivity contribution in [1.29, 1.82) is 0 Å². The van der Waals surface area contributed by atoms with Gasteiger partial charge in [-0.15, -0.1) is 0 Å². The van der Waals surface area contributed by atoms with E-state index in [0.717, 1.165) is 19.4 Å². The van der Waals surface area contributed by atoms with E-state index in [1.54, 1.807) is 11.8 Å². The van der Waals surface area contributed by atoms with Crippen LogP contribution in [-0.4, -0.2) is 53.7 Å². The molecule has 0 aliphatic carbocycles. The number of piperidine rings is 2. The van der Waals surface area contributed by atoms with Gasteiger partial charge in [0, 0.05) is 39.0 Å². The highest BCUT2D eigenvalue weighted by Gasteiger charge is 2.32. The number of nitrogens with zero attached hydrogens (tertiary/aromatic N) is 2. The fraction of sp³-hybridized carbons (Fsp3) is 0.786. The Morgan fingerprint density at radius 2 is 1.60 bits per heavy atom. The molecule has 1 atom stereocenters. The minimum absolute atomic E-state index is 0.0370. The van der Waals surface area contributed by atoms with Gasteiger partial charge in [0.25, 0.3) is 0 Å². The maximum Gasteiger partial charge on any atom is 0.227 e. The standard InChI is InChI=1S/C14H23N3O3/c1-10(18)17-6-2-3-12(9-17)14(20)16-7-4-11(5-8-16)13(15)19/h11-12H,2-9H2,1H3,(H2,15,19). The molecule has 2 aliphatic rings. The number of nitrogens with two attached hydrogens (primary N) is 1. The summed E-state index contributed by atoms with van der Waals surface area (Å²) in [6, 6.07) is 0. The molecule has 2 heterocycles. The Morgan fingerprint density at radius 1 is 0.950 bits per heavy atom. The van der Waals surface area contributed by atoms with Gasteiger partial charge in [-0.3, -0.25) is 14.4 Å². The molecule has 2 aliphatic heterocycles. The van der Waals surface area contributed by atoms with Crippen LogP contribution in [0.4, 0.5) is 0 Å². The van der Waals surface area contributed by atoms with Gasteiger partial charge in [0.15, 0.2) is 0 Å². The predicted molar refractivity (Wildman–Crippen MR) is 73.5 cm³/mol. The zero-order valence-electron chi connectivity index (χ0n) is 12.0. The number of carbonyl (C=O) groups excluding carboxylic acids is 3. The van der Waals surface area contributed by atoms with Gasteiger partial charge in [-0.25, -0.2) is 0 Å². The summed E-state index contributed by atoms with van der Waals surface area (Å²) < 4.78 is 0. The van der Waals surface area contributed by atoms with Gasteiger partial charge in [0.1, 0.15) is 0 Å². The molecule has 0 aromatic carbocycles. The van der Waals surface area contributed by atoms with Crippen molar-refractivity contribution >= 4 is 17.7 Å². The van der Waals surface area contributed by atoms with Crippen LogP contribution in [0.25, 0.3) is 0 Å². The molecule has 112 valence electrons. The predicted octanol–water partition coefficient (Wildman–Crippen LogP) is -0.0312. The third-order valence-electron chi connectivity index (χ3n) is 4.42. The fourth-order valence-electron chi connectivity index (χ4n) is 3.11. The molecule has 2 fully saturated rings. The van der Waals surface area contributed by atoms with Crippen LogP contribution in [0.2, 0.25) is 0 Å². The first kappa shape index (κ1) is 14.8. The smallest absolute Gasteiger partial charge is 0.227 e. The summed E-state index contributed by atoms with van der Waals surface area (Å²) in [5.41, 5.74) is 5.30. The molecule has 2 rings (SSSR count). The van der Waals surface area contributed by atoms with Crippen molar-refractivity contribution in [3.05, 3.63) is 0 Å². The van der Waals surface area contributed by atoms with Crippen LogP contribution in [0.3, 0.4) is 0 Å². The molecule has 6 heteroatoms. The SMILES string of the molecule is CC(=O)N1CCCC(C(=O)N2CCC(C(N)=O)CC2)C1. The molecule has 2 N–H and O–H groups in total. The monoisotopic (exact) mass is 281 g/mol. The number of carbonyl (C=O) groups is 3. The molecule has 0 bridgehead atoms. The number of primary amides is 1. The normalized spacial score (nSPS) is 24.6. The average molecular weight is 281 g/mol. The lowest BCUT2D eigenvalue weighted by atomic mass is 9.92. The zero-order valence-corrected chi connectivity index (χ0v) is 12.0. The van der Waals surface area contributed by atoms with E-state index < -0.39 is 0 Å². The third-order valence-corrected chi connectivity index (χ3v) is 4.42. The Kier molecular flexibility index (Phi) is 4.62. The van der Waals surface area contributed by atoms with Gasteiger partial charge < -0.3 is 15.5 Å². The van der Waals surface area contributed by atoms with Crippen LogP contribution < -0.4 is 5.73 Å². The highest BCUT2D eigenvalue weighted by molar-refractivity contribution is 5.81.